The summed E-state index contributed by atoms with van der Waals surface area (Å²) in [5, 5.41) is 3.66. The van der Waals surface area contributed by atoms with Gasteiger partial charge in [-0.1, -0.05) is 42.5 Å². The highest BCUT2D eigenvalue weighted by atomic mass is 14.9. The molecule has 0 fully saturated rings. The summed E-state index contributed by atoms with van der Waals surface area (Å²) >= 11 is 0. The lowest BCUT2D eigenvalue weighted by atomic mass is 10.0. The monoisotopic (exact) mass is 267 g/mol. The van der Waals surface area contributed by atoms with Crippen molar-refractivity contribution in [2.45, 2.75) is 46.7 Å². The predicted molar refractivity (Wildman–Crippen MR) is 87.1 cm³/mol. The Kier molecular flexibility index (Phi) is 4.97. The lowest BCUT2D eigenvalue weighted by Gasteiger charge is -2.17. The topological polar surface area (TPSA) is 12.0 Å². The van der Waals surface area contributed by atoms with Crippen molar-refractivity contribution in [3.8, 4) is 0 Å². The van der Waals surface area contributed by atoms with E-state index in [0.29, 0.717) is 6.04 Å². The Morgan fingerprint density at radius 1 is 0.850 bits per heavy atom. The van der Waals surface area contributed by atoms with Gasteiger partial charge in [-0.3, -0.25) is 0 Å². The van der Waals surface area contributed by atoms with Crippen molar-refractivity contribution in [3.05, 3.63) is 70.3 Å². The van der Waals surface area contributed by atoms with E-state index in [0.717, 1.165) is 13.0 Å². The molecule has 0 aliphatic rings. The minimum atomic E-state index is 0.482. The van der Waals surface area contributed by atoms with Gasteiger partial charge in [0.2, 0.25) is 0 Å². The van der Waals surface area contributed by atoms with Crippen LogP contribution in [0.15, 0.2) is 42.5 Å². The van der Waals surface area contributed by atoms with E-state index in [1.54, 1.807) is 0 Å². The van der Waals surface area contributed by atoms with Crippen LogP contribution in [0.1, 0.15) is 34.7 Å². The molecular weight excluding hydrogens is 242 g/mol. The molecule has 0 bridgehead atoms. The summed E-state index contributed by atoms with van der Waals surface area (Å²) in [6.07, 6.45) is 1.08. The molecule has 2 aromatic rings. The summed E-state index contributed by atoms with van der Waals surface area (Å²) in [6.45, 7) is 9.78. The van der Waals surface area contributed by atoms with Crippen LogP contribution in [-0.2, 0) is 13.0 Å². The lowest BCUT2D eigenvalue weighted by molar-refractivity contribution is 0.542. The number of aryl methyl sites for hydroxylation is 3. The van der Waals surface area contributed by atoms with E-state index in [-0.39, 0.29) is 0 Å². The van der Waals surface area contributed by atoms with Gasteiger partial charge in [-0.25, -0.2) is 0 Å². The molecule has 1 unspecified atom stereocenters. The second-order valence-corrected chi connectivity index (χ2v) is 5.78. The van der Waals surface area contributed by atoms with Crippen LogP contribution in [-0.4, -0.2) is 6.04 Å². The molecule has 106 valence electrons. The van der Waals surface area contributed by atoms with Crippen molar-refractivity contribution in [2.75, 3.05) is 0 Å². The van der Waals surface area contributed by atoms with Crippen molar-refractivity contribution in [1.82, 2.24) is 5.32 Å². The number of nitrogens with one attached hydrogen (secondary N) is 1. The van der Waals surface area contributed by atoms with Gasteiger partial charge in [0.1, 0.15) is 0 Å². The van der Waals surface area contributed by atoms with E-state index in [4.69, 9.17) is 0 Å². The molecule has 1 heteroatoms. The van der Waals surface area contributed by atoms with Crippen LogP contribution in [0.25, 0.3) is 0 Å². The fourth-order valence-electron chi connectivity index (χ4n) is 2.65. The van der Waals surface area contributed by atoms with Crippen molar-refractivity contribution < 1.29 is 0 Å². The molecule has 0 aromatic heterocycles. The van der Waals surface area contributed by atoms with Gasteiger partial charge < -0.3 is 5.32 Å². The zero-order valence-corrected chi connectivity index (χ0v) is 13.0. The third-order valence-electron chi connectivity index (χ3n) is 4.06. The van der Waals surface area contributed by atoms with Crippen LogP contribution >= 0.6 is 0 Å². The molecule has 0 saturated heterocycles. The Bertz CT molecular complexity index is 551. The van der Waals surface area contributed by atoms with Crippen LogP contribution in [0.3, 0.4) is 0 Å². The molecule has 0 saturated carbocycles. The van der Waals surface area contributed by atoms with Crippen LogP contribution in [0, 0.1) is 20.8 Å². The summed E-state index contributed by atoms with van der Waals surface area (Å²) in [7, 11) is 0. The van der Waals surface area contributed by atoms with Crippen LogP contribution in [0.2, 0.25) is 0 Å². The maximum atomic E-state index is 3.66. The average molecular weight is 267 g/mol. The molecule has 0 spiro atoms. The van der Waals surface area contributed by atoms with Crippen molar-refractivity contribution in [3.63, 3.8) is 0 Å². The maximum absolute atomic E-state index is 3.66. The zero-order valence-electron chi connectivity index (χ0n) is 13.0. The van der Waals surface area contributed by atoms with E-state index < -0.39 is 0 Å². The zero-order chi connectivity index (χ0) is 14.5. The van der Waals surface area contributed by atoms with Crippen LogP contribution in [0.5, 0.6) is 0 Å². The smallest absolute Gasteiger partial charge is 0.0213 e. The Hall–Kier alpha value is -1.60. The molecule has 0 aliphatic carbocycles. The lowest BCUT2D eigenvalue weighted by Crippen LogP contribution is -2.28. The highest BCUT2D eigenvalue weighted by molar-refractivity contribution is 5.33. The summed E-state index contributed by atoms with van der Waals surface area (Å²) in [4.78, 5) is 0. The molecule has 2 aromatic carbocycles. The second kappa shape index (κ2) is 6.71. The highest BCUT2D eigenvalue weighted by Gasteiger charge is 2.07. The average Bonchev–Trinajstić information content (AvgIpc) is 2.41. The first-order chi connectivity index (χ1) is 9.58. The fourth-order valence-corrected chi connectivity index (χ4v) is 2.65. The van der Waals surface area contributed by atoms with Crippen molar-refractivity contribution in [2.24, 2.45) is 0 Å². The molecule has 1 nitrogen and oxygen atoms in total. The Labute approximate surface area is 123 Å². The van der Waals surface area contributed by atoms with Gasteiger partial charge >= 0.3 is 0 Å². The molecule has 2 rings (SSSR count). The number of rotatable bonds is 5. The second-order valence-electron chi connectivity index (χ2n) is 5.78. The first kappa shape index (κ1) is 14.8. The minimum absolute atomic E-state index is 0.482. The first-order valence-corrected chi connectivity index (χ1v) is 7.41. The molecule has 0 radical (unpaired) electrons. The molecule has 0 heterocycles. The van der Waals surface area contributed by atoms with Gasteiger partial charge in [-0.2, -0.15) is 0 Å². The number of hydrogen-bond donors (Lipinski definition) is 1. The molecule has 0 aliphatic heterocycles. The molecule has 1 N–H and O–H groups in total. The normalized spacial score (nSPS) is 12.4. The summed E-state index contributed by atoms with van der Waals surface area (Å²) in [5.74, 6) is 0. The predicted octanol–water partition coefficient (Wildman–Crippen LogP) is 4.33. The van der Waals surface area contributed by atoms with Gasteiger partial charge in [-0.05, 0) is 61.9 Å². The Morgan fingerprint density at radius 2 is 1.45 bits per heavy atom. The largest absolute Gasteiger partial charge is 0.310 e. The summed E-state index contributed by atoms with van der Waals surface area (Å²) in [5.41, 5.74) is 7.01. The Morgan fingerprint density at radius 3 is 2.10 bits per heavy atom. The van der Waals surface area contributed by atoms with Crippen LogP contribution in [0.4, 0.5) is 0 Å². The quantitative estimate of drug-likeness (QED) is 0.850. The van der Waals surface area contributed by atoms with Crippen LogP contribution < -0.4 is 5.32 Å². The molecule has 20 heavy (non-hydrogen) atoms. The highest BCUT2D eigenvalue weighted by Crippen LogP contribution is 2.14. The van der Waals surface area contributed by atoms with E-state index >= 15 is 0 Å². The van der Waals surface area contributed by atoms with Gasteiger partial charge in [0.05, 0.1) is 0 Å². The SMILES string of the molecule is Cc1ccccc1CC(C)NCc1c(C)cccc1C. The Balaban J connectivity index is 1.96. The summed E-state index contributed by atoms with van der Waals surface area (Å²) < 4.78 is 0. The van der Waals surface area contributed by atoms with E-state index in [1.807, 2.05) is 0 Å². The van der Waals surface area contributed by atoms with Gasteiger partial charge in [0, 0.05) is 12.6 Å². The number of benzene rings is 2. The molecule has 0 amide bonds. The minimum Gasteiger partial charge on any atom is -0.310 e. The van der Waals surface area contributed by atoms with Gasteiger partial charge in [-0.15, -0.1) is 0 Å². The van der Waals surface area contributed by atoms with Crippen molar-refractivity contribution >= 4 is 0 Å². The van der Waals surface area contributed by atoms with Gasteiger partial charge in [0.25, 0.3) is 0 Å². The van der Waals surface area contributed by atoms with E-state index in [1.165, 1.54) is 27.8 Å². The number of hydrogen-bond acceptors (Lipinski definition) is 1. The fraction of sp³-hybridized carbons (Fsp3) is 0.368. The molecule has 1 atom stereocenters. The van der Waals surface area contributed by atoms with Gasteiger partial charge in [0.15, 0.2) is 0 Å². The standard InChI is InChI=1S/C19H25N/c1-14-8-5-6-11-18(14)12-17(4)20-13-19-15(2)9-7-10-16(19)3/h5-11,17,20H,12-13H2,1-4H3. The van der Waals surface area contributed by atoms with E-state index in [9.17, 15) is 0 Å². The third kappa shape index (κ3) is 3.71. The maximum Gasteiger partial charge on any atom is 0.0213 e. The first-order valence-electron chi connectivity index (χ1n) is 7.41. The summed E-state index contributed by atoms with van der Waals surface area (Å²) in [6, 6.07) is 15.6. The third-order valence-corrected chi connectivity index (χ3v) is 4.06. The molecular formula is C19H25N. The van der Waals surface area contributed by atoms with Crippen molar-refractivity contribution in [1.29, 1.82) is 0 Å². The van der Waals surface area contributed by atoms with E-state index in [2.05, 4.69) is 75.5 Å².